The van der Waals surface area contributed by atoms with Gasteiger partial charge in [0, 0.05) is 42.0 Å². The summed E-state index contributed by atoms with van der Waals surface area (Å²) >= 11 is 6.09. The number of anilines is 1. The summed E-state index contributed by atoms with van der Waals surface area (Å²) in [6, 6.07) is 5.23. The van der Waals surface area contributed by atoms with E-state index < -0.39 is 5.97 Å². The highest BCUT2D eigenvalue weighted by atomic mass is 35.5. The van der Waals surface area contributed by atoms with Crippen molar-refractivity contribution in [3.05, 3.63) is 28.9 Å². The van der Waals surface area contributed by atoms with Gasteiger partial charge in [0.05, 0.1) is 12.8 Å². The van der Waals surface area contributed by atoms with Crippen LogP contribution in [0, 0.1) is 11.8 Å². The largest absolute Gasteiger partial charge is 0.464 e. The highest BCUT2D eigenvalue weighted by molar-refractivity contribution is 6.31. The summed E-state index contributed by atoms with van der Waals surface area (Å²) in [6.07, 6.45) is 1.61. The van der Waals surface area contributed by atoms with Crippen LogP contribution in [-0.4, -0.2) is 48.5 Å². The Kier molecular flexibility index (Phi) is 6.07. The first-order chi connectivity index (χ1) is 12.9. The number of methoxy groups -OCH3 is 1. The van der Waals surface area contributed by atoms with Crippen molar-refractivity contribution >= 4 is 40.1 Å². The number of carbonyl (C=O) groups excluding carboxylic acids is 2. The van der Waals surface area contributed by atoms with Crippen LogP contribution < -0.4 is 5.32 Å². The standard InChI is InChI=1S/C20H26ClN3O3/c1-12-8-13(2)11-24(10-12)7-6-17(25)23-18-15-9-14(21)4-5-16(15)22-19(18)20(26)27-3/h4-5,9,12-13,22H,6-8,10-11H2,1-3H3,(H,23,25)/t12-,13-/m0/s1. The molecule has 2 N–H and O–H groups in total. The first kappa shape index (κ1) is 19.7. The molecule has 2 heterocycles. The number of rotatable bonds is 5. The van der Waals surface area contributed by atoms with Crippen LogP contribution in [0.15, 0.2) is 18.2 Å². The van der Waals surface area contributed by atoms with E-state index in [1.807, 2.05) is 0 Å². The van der Waals surface area contributed by atoms with Crippen LogP contribution in [0.4, 0.5) is 5.69 Å². The van der Waals surface area contributed by atoms with Crippen LogP contribution in [0.5, 0.6) is 0 Å². The summed E-state index contributed by atoms with van der Waals surface area (Å²) in [6.45, 7) is 7.25. The molecule has 0 saturated carbocycles. The van der Waals surface area contributed by atoms with Crippen LogP contribution in [0.2, 0.25) is 5.02 Å². The summed E-state index contributed by atoms with van der Waals surface area (Å²) in [4.78, 5) is 30.0. The van der Waals surface area contributed by atoms with Crippen molar-refractivity contribution in [2.45, 2.75) is 26.7 Å². The zero-order valence-corrected chi connectivity index (χ0v) is 16.7. The molecule has 1 fully saturated rings. The minimum Gasteiger partial charge on any atom is -0.464 e. The van der Waals surface area contributed by atoms with Gasteiger partial charge in [-0.25, -0.2) is 4.79 Å². The Labute approximate surface area is 164 Å². The number of esters is 1. The zero-order chi connectivity index (χ0) is 19.6. The molecule has 1 saturated heterocycles. The number of halogens is 1. The van der Waals surface area contributed by atoms with Crippen molar-refractivity contribution in [1.82, 2.24) is 9.88 Å². The van der Waals surface area contributed by atoms with Crippen molar-refractivity contribution < 1.29 is 14.3 Å². The molecule has 0 bridgehead atoms. The topological polar surface area (TPSA) is 74.4 Å². The number of hydrogen-bond acceptors (Lipinski definition) is 4. The number of H-pyrrole nitrogens is 1. The van der Waals surface area contributed by atoms with Gasteiger partial charge in [0.1, 0.15) is 5.69 Å². The SMILES string of the molecule is COC(=O)c1[nH]c2ccc(Cl)cc2c1NC(=O)CCN1C[C@@H](C)C[C@H](C)C1. The van der Waals surface area contributed by atoms with Crippen LogP contribution in [0.3, 0.4) is 0 Å². The Bertz CT molecular complexity index is 838. The molecule has 7 heteroatoms. The van der Waals surface area contributed by atoms with E-state index in [1.54, 1.807) is 18.2 Å². The number of carbonyl (C=O) groups is 2. The van der Waals surface area contributed by atoms with Crippen molar-refractivity contribution in [2.24, 2.45) is 11.8 Å². The normalized spacial score (nSPS) is 20.6. The Hall–Kier alpha value is -2.05. The monoisotopic (exact) mass is 391 g/mol. The maximum absolute atomic E-state index is 12.6. The molecule has 1 aliphatic rings. The van der Waals surface area contributed by atoms with Gasteiger partial charge < -0.3 is 19.9 Å². The second-order valence-electron chi connectivity index (χ2n) is 7.56. The smallest absolute Gasteiger partial charge is 0.356 e. The van der Waals surface area contributed by atoms with Gasteiger partial charge in [-0.15, -0.1) is 0 Å². The molecule has 6 nitrogen and oxygen atoms in total. The lowest BCUT2D eigenvalue weighted by molar-refractivity contribution is -0.116. The Morgan fingerprint density at radius 3 is 2.67 bits per heavy atom. The molecule has 27 heavy (non-hydrogen) atoms. The van der Waals surface area contributed by atoms with Gasteiger partial charge in [-0.1, -0.05) is 25.4 Å². The summed E-state index contributed by atoms with van der Waals surface area (Å²) in [5.41, 5.74) is 1.36. The molecule has 1 aromatic heterocycles. The summed E-state index contributed by atoms with van der Waals surface area (Å²) in [5, 5.41) is 4.10. The third-order valence-electron chi connectivity index (χ3n) is 5.01. The van der Waals surface area contributed by atoms with E-state index in [2.05, 4.69) is 29.0 Å². The first-order valence-electron chi connectivity index (χ1n) is 9.29. The van der Waals surface area contributed by atoms with E-state index in [9.17, 15) is 9.59 Å². The third kappa shape index (κ3) is 4.62. The highest BCUT2D eigenvalue weighted by Gasteiger charge is 2.23. The van der Waals surface area contributed by atoms with Crippen molar-refractivity contribution in [1.29, 1.82) is 0 Å². The van der Waals surface area contributed by atoms with Gasteiger partial charge in [0.15, 0.2) is 0 Å². The van der Waals surface area contributed by atoms with Crippen molar-refractivity contribution in [3.63, 3.8) is 0 Å². The summed E-state index contributed by atoms with van der Waals surface area (Å²) < 4.78 is 4.83. The quantitative estimate of drug-likeness (QED) is 0.757. The number of fused-ring (bicyclic) bond motifs is 1. The highest BCUT2D eigenvalue weighted by Crippen LogP contribution is 2.31. The predicted molar refractivity (Wildman–Crippen MR) is 107 cm³/mol. The van der Waals surface area contributed by atoms with Gasteiger partial charge >= 0.3 is 5.97 Å². The van der Waals surface area contributed by atoms with E-state index >= 15 is 0 Å². The lowest BCUT2D eigenvalue weighted by Crippen LogP contribution is -2.40. The fourth-order valence-corrected chi connectivity index (χ4v) is 4.16. The second kappa shape index (κ2) is 8.31. The number of hydrogen-bond donors (Lipinski definition) is 2. The Morgan fingerprint density at radius 2 is 2.00 bits per heavy atom. The molecule has 1 aliphatic heterocycles. The lowest BCUT2D eigenvalue weighted by Gasteiger charge is -2.34. The molecule has 3 rings (SSSR count). The summed E-state index contributed by atoms with van der Waals surface area (Å²) in [5.74, 6) is 0.639. The molecule has 0 unspecified atom stereocenters. The Balaban J connectivity index is 1.74. The molecular weight excluding hydrogens is 366 g/mol. The summed E-state index contributed by atoms with van der Waals surface area (Å²) in [7, 11) is 1.31. The number of ether oxygens (including phenoxy) is 1. The predicted octanol–water partition coefficient (Wildman–Crippen LogP) is 3.91. The molecular formula is C20H26ClN3O3. The van der Waals surface area contributed by atoms with E-state index in [1.165, 1.54) is 13.5 Å². The van der Waals surface area contributed by atoms with Gasteiger partial charge in [-0.2, -0.15) is 0 Å². The second-order valence-corrected chi connectivity index (χ2v) is 8.00. The van der Waals surface area contributed by atoms with Gasteiger partial charge in [-0.05, 0) is 36.5 Å². The molecule has 0 spiro atoms. The number of aromatic amines is 1. The van der Waals surface area contributed by atoms with Gasteiger partial charge in [-0.3, -0.25) is 4.79 Å². The zero-order valence-electron chi connectivity index (χ0n) is 16.0. The third-order valence-corrected chi connectivity index (χ3v) is 5.25. The van der Waals surface area contributed by atoms with E-state index in [0.717, 1.165) is 13.1 Å². The molecule has 1 aromatic carbocycles. The number of nitrogens with zero attached hydrogens (tertiary/aromatic N) is 1. The minimum atomic E-state index is -0.531. The van der Waals surface area contributed by atoms with Crippen LogP contribution in [-0.2, 0) is 9.53 Å². The van der Waals surface area contributed by atoms with Gasteiger partial charge in [0.25, 0.3) is 0 Å². The molecule has 2 atom stereocenters. The van der Waals surface area contributed by atoms with E-state index in [4.69, 9.17) is 16.3 Å². The molecule has 1 amide bonds. The molecule has 2 aromatic rings. The van der Waals surface area contributed by atoms with E-state index in [0.29, 0.717) is 46.4 Å². The maximum atomic E-state index is 12.6. The molecule has 0 aliphatic carbocycles. The number of nitrogens with one attached hydrogen (secondary N) is 2. The van der Waals surface area contributed by atoms with Crippen LogP contribution in [0.25, 0.3) is 10.9 Å². The van der Waals surface area contributed by atoms with Gasteiger partial charge in [0.2, 0.25) is 5.91 Å². The van der Waals surface area contributed by atoms with Crippen LogP contribution in [0.1, 0.15) is 37.2 Å². The number of piperidine rings is 1. The number of aromatic nitrogens is 1. The number of amides is 1. The molecule has 0 radical (unpaired) electrons. The lowest BCUT2D eigenvalue weighted by atomic mass is 9.92. The van der Waals surface area contributed by atoms with Crippen LogP contribution >= 0.6 is 11.6 Å². The Morgan fingerprint density at radius 1 is 1.30 bits per heavy atom. The van der Waals surface area contributed by atoms with Crippen molar-refractivity contribution in [2.75, 3.05) is 32.1 Å². The van der Waals surface area contributed by atoms with Crippen molar-refractivity contribution in [3.8, 4) is 0 Å². The average molecular weight is 392 g/mol. The minimum absolute atomic E-state index is 0.132. The first-order valence-corrected chi connectivity index (χ1v) is 9.67. The van der Waals surface area contributed by atoms with E-state index in [-0.39, 0.29) is 11.6 Å². The average Bonchev–Trinajstić information content (AvgIpc) is 2.96. The number of likely N-dealkylation sites (tertiary alicyclic amines) is 1. The fraction of sp³-hybridized carbons (Fsp3) is 0.500. The number of benzene rings is 1. The maximum Gasteiger partial charge on any atom is 0.356 e. The molecule has 146 valence electrons. The fourth-order valence-electron chi connectivity index (χ4n) is 3.99.